The van der Waals surface area contributed by atoms with Crippen LogP contribution < -0.4 is 0 Å². The largest absolute Gasteiger partial charge is 0.278 e. The molecule has 0 saturated heterocycles. The van der Waals surface area contributed by atoms with E-state index in [2.05, 4.69) is 25.6 Å². The number of nitriles is 1. The molecule has 170 valence electrons. The number of benzene rings is 3. The van der Waals surface area contributed by atoms with Gasteiger partial charge in [-0.15, -0.1) is 5.10 Å². The van der Waals surface area contributed by atoms with Crippen LogP contribution in [0.3, 0.4) is 0 Å². The molecule has 0 spiro atoms. The van der Waals surface area contributed by atoms with Crippen LogP contribution in [0.15, 0.2) is 67.0 Å². The van der Waals surface area contributed by atoms with Crippen molar-refractivity contribution in [1.82, 2.24) is 35.0 Å². The first-order chi connectivity index (χ1) is 17.0. The zero-order valence-corrected chi connectivity index (χ0v) is 18.3. The zero-order valence-electron chi connectivity index (χ0n) is 18.3. The van der Waals surface area contributed by atoms with E-state index in [9.17, 15) is 4.39 Å². The van der Waals surface area contributed by atoms with Gasteiger partial charge in [0.2, 0.25) is 0 Å². The number of hydrogen-bond donors (Lipinski definition) is 1. The third-order valence-electron chi connectivity index (χ3n) is 6.10. The molecule has 0 bridgehead atoms. The SMILES string of the molecule is CC(c1ccc(C#N)cc1F)n1nccc1-c1cc2c(cc1F)nnn2-c1ccc2cn[nH]c2c1. The Morgan fingerprint density at radius 1 is 1.03 bits per heavy atom. The molecule has 3 aromatic heterocycles. The topological polar surface area (TPSA) is 101 Å². The number of nitrogens with zero attached hydrogens (tertiary/aromatic N) is 7. The number of hydrogen-bond acceptors (Lipinski definition) is 5. The maximum atomic E-state index is 15.2. The lowest BCUT2D eigenvalue weighted by atomic mass is 10.0. The van der Waals surface area contributed by atoms with E-state index >= 15 is 4.39 Å². The minimum absolute atomic E-state index is 0.227. The van der Waals surface area contributed by atoms with Crippen molar-refractivity contribution in [2.75, 3.05) is 0 Å². The number of nitrogens with one attached hydrogen (secondary N) is 1. The smallest absolute Gasteiger partial charge is 0.134 e. The van der Waals surface area contributed by atoms with Crippen molar-refractivity contribution in [3.05, 3.63) is 89.8 Å². The first-order valence-electron chi connectivity index (χ1n) is 10.8. The van der Waals surface area contributed by atoms with Crippen LogP contribution in [-0.4, -0.2) is 35.0 Å². The minimum atomic E-state index is -0.548. The van der Waals surface area contributed by atoms with Crippen LogP contribution in [0, 0.1) is 23.0 Å². The molecule has 6 rings (SSSR count). The van der Waals surface area contributed by atoms with E-state index in [1.54, 1.807) is 52.9 Å². The second kappa shape index (κ2) is 7.85. The van der Waals surface area contributed by atoms with E-state index in [-0.39, 0.29) is 11.1 Å². The number of rotatable bonds is 4. The molecule has 1 unspecified atom stereocenters. The van der Waals surface area contributed by atoms with Crippen LogP contribution in [0.4, 0.5) is 8.78 Å². The summed E-state index contributed by atoms with van der Waals surface area (Å²) >= 11 is 0. The average Bonchev–Trinajstić information content (AvgIpc) is 3.61. The first kappa shape index (κ1) is 20.7. The first-order valence-corrected chi connectivity index (χ1v) is 10.8. The summed E-state index contributed by atoms with van der Waals surface area (Å²) in [5, 5.41) is 29.6. The summed E-state index contributed by atoms with van der Waals surface area (Å²) < 4.78 is 33.1. The molecule has 0 amide bonds. The maximum absolute atomic E-state index is 15.2. The molecular formula is C25H16F2N8. The normalized spacial score (nSPS) is 12.3. The molecule has 10 heteroatoms. The summed E-state index contributed by atoms with van der Waals surface area (Å²) in [6.07, 6.45) is 3.27. The molecule has 0 aliphatic carbocycles. The standard InChI is InChI=1S/C25H16F2N8/c1-14(18-5-2-15(12-28)8-20(18)26)34-24(6-7-30-34)19-10-25-23(11-21(19)27)32-33-35(25)17-4-3-16-13-29-31-22(16)9-17/h2-11,13-14H,1H3,(H,29,31). The summed E-state index contributed by atoms with van der Waals surface area (Å²) in [7, 11) is 0. The van der Waals surface area contributed by atoms with Crippen LogP contribution in [0.5, 0.6) is 0 Å². The van der Waals surface area contributed by atoms with Crippen molar-refractivity contribution in [3.63, 3.8) is 0 Å². The van der Waals surface area contributed by atoms with E-state index in [4.69, 9.17) is 5.26 Å². The average molecular weight is 466 g/mol. The Kier molecular flexibility index (Phi) is 4.64. The lowest BCUT2D eigenvalue weighted by molar-refractivity contribution is 0.523. The van der Waals surface area contributed by atoms with Crippen molar-refractivity contribution in [2.45, 2.75) is 13.0 Å². The van der Waals surface area contributed by atoms with Gasteiger partial charge in [-0.25, -0.2) is 13.5 Å². The van der Waals surface area contributed by atoms with Crippen molar-refractivity contribution in [1.29, 1.82) is 5.26 Å². The Morgan fingerprint density at radius 3 is 2.74 bits per heavy atom. The summed E-state index contributed by atoms with van der Waals surface area (Å²) in [5.74, 6) is -1.02. The maximum Gasteiger partial charge on any atom is 0.134 e. The van der Waals surface area contributed by atoms with Crippen molar-refractivity contribution in [2.24, 2.45) is 0 Å². The van der Waals surface area contributed by atoms with Crippen molar-refractivity contribution >= 4 is 21.9 Å². The van der Waals surface area contributed by atoms with E-state index in [0.717, 1.165) is 16.6 Å². The number of H-pyrrole nitrogens is 1. The Hall–Kier alpha value is -4.91. The fourth-order valence-corrected chi connectivity index (χ4v) is 4.29. The Labute approximate surface area is 197 Å². The molecule has 3 aromatic carbocycles. The minimum Gasteiger partial charge on any atom is -0.278 e. The summed E-state index contributed by atoms with van der Waals surface area (Å²) in [5.41, 5.74) is 3.89. The van der Waals surface area contributed by atoms with Crippen molar-refractivity contribution in [3.8, 4) is 23.0 Å². The molecule has 8 nitrogen and oxygen atoms in total. The van der Waals surface area contributed by atoms with E-state index in [1.165, 1.54) is 12.1 Å². The Balaban J connectivity index is 1.47. The van der Waals surface area contributed by atoms with Crippen LogP contribution in [0.25, 0.3) is 38.9 Å². The fourth-order valence-electron chi connectivity index (χ4n) is 4.29. The molecule has 6 aromatic rings. The van der Waals surface area contributed by atoms with Gasteiger partial charge in [0.25, 0.3) is 0 Å². The second-order valence-electron chi connectivity index (χ2n) is 8.15. The molecule has 0 saturated carbocycles. The van der Waals surface area contributed by atoms with Gasteiger partial charge in [0.1, 0.15) is 17.2 Å². The van der Waals surface area contributed by atoms with Crippen LogP contribution in [-0.2, 0) is 0 Å². The van der Waals surface area contributed by atoms with Gasteiger partial charge >= 0.3 is 0 Å². The zero-order chi connectivity index (χ0) is 24.1. The van der Waals surface area contributed by atoms with Gasteiger partial charge < -0.3 is 0 Å². The van der Waals surface area contributed by atoms with Gasteiger partial charge in [0.05, 0.1) is 46.3 Å². The lowest BCUT2D eigenvalue weighted by Gasteiger charge is -2.17. The third kappa shape index (κ3) is 3.33. The highest BCUT2D eigenvalue weighted by molar-refractivity contribution is 5.84. The molecule has 0 radical (unpaired) electrons. The third-order valence-corrected chi connectivity index (χ3v) is 6.10. The van der Waals surface area contributed by atoms with Gasteiger partial charge in [-0.1, -0.05) is 11.3 Å². The second-order valence-corrected chi connectivity index (χ2v) is 8.15. The monoisotopic (exact) mass is 466 g/mol. The predicted octanol–water partition coefficient (Wildman–Crippen LogP) is 4.92. The lowest BCUT2D eigenvalue weighted by Crippen LogP contribution is -2.12. The number of fused-ring (bicyclic) bond motifs is 2. The fraction of sp³-hybridized carbons (Fsp3) is 0.0800. The number of aromatic amines is 1. The van der Waals surface area contributed by atoms with Gasteiger partial charge in [-0.3, -0.25) is 9.78 Å². The van der Waals surface area contributed by atoms with Crippen LogP contribution in [0.2, 0.25) is 0 Å². The van der Waals surface area contributed by atoms with Gasteiger partial charge in [-0.05, 0) is 49.4 Å². The van der Waals surface area contributed by atoms with E-state index in [1.807, 2.05) is 24.3 Å². The molecule has 0 aliphatic heterocycles. The van der Waals surface area contributed by atoms with Gasteiger partial charge in [0, 0.05) is 28.8 Å². The Bertz CT molecular complexity index is 1770. The summed E-state index contributed by atoms with van der Waals surface area (Å²) in [6, 6.07) is 16.0. The molecule has 0 fully saturated rings. The highest BCUT2D eigenvalue weighted by Crippen LogP contribution is 2.32. The number of halogens is 2. The van der Waals surface area contributed by atoms with E-state index in [0.29, 0.717) is 22.3 Å². The molecule has 3 heterocycles. The predicted molar refractivity (Wildman–Crippen MR) is 125 cm³/mol. The van der Waals surface area contributed by atoms with E-state index < -0.39 is 17.7 Å². The molecule has 1 atom stereocenters. The highest BCUT2D eigenvalue weighted by atomic mass is 19.1. The molecule has 0 aliphatic rings. The molecule has 35 heavy (non-hydrogen) atoms. The summed E-state index contributed by atoms with van der Waals surface area (Å²) in [4.78, 5) is 0. The summed E-state index contributed by atoms with van der Waals surface area (Å²) in [6.45, 7) is 1.77. The van der Waals surface area contributed by atoms with Gasteiger partial charge in [0.15, 0.2) is 0 Å². The Morgan fingerprint density at radius 2 is 1.91 bits per heavy atom. The number of aromatic nitrogens is 7. The van der Waals surface area contributed by atoms with Crippen LogP contribution >= 0.6 is 0 Å². The molecular weight excluding hydrogens is 450 g/mol. The molecule has 1 N–H and O–H groups in total. The quantitative estimate of drug-likeness (QED) is 0.397. The van der Waals surface area contributed by atoms with Gasteiger partial charge in [-0.2, -0.15) is 15.5 Å². The highest BCUT2D eigenvalue weighted by Gasteiger charge is 2.21. The van der Waals surface area contributed by atoms with Crippen LogP contribution in [0.1, 0.15) is 24.1 Å². The van der Waals surface area contributed by atoms with Crippen molar-refractivity contribution < 1.29 is 8.78 Å².